The van der Waals surface area contributed by atoms with Crippen LogP contribution in [0.15, 0.2) is 59.6 Å². The Kier molecular flexibility index (Phi) is 3.59. The number of rotatable bonds is 4. The number of ether oxygens (including phenoxy) is 1. The highest BCUT2D eigenvalue weighted by atomic mass is 16.5. The fourth-order valence-electron chi connectivity index (χ4n) is 2.32. The molecule has 2 aromatic carbocycles. The fraction of sp³-hybridized carbons (Fsp3) is 0.235. The number of para-hydroxylation sites is 1. The molecule has 3 rings (SSSR count). The fourth-order valence-corrected chi connectivity index (χ4v) is 2.32. The summed E-state index contributed by atoms with van der Waals surface area (Å²) in [7, 11) is 0. The van der Waals surface area contributed by atoms with Gasteiger partial charge in [-0.1, -0.05) is 30.3 Å². The molecule has 0 amide bonds. The molecular weight excluding hydrogens is 234 g/mol. The summed E-state index contributed by atoms with van der Waals surface area (Å²) in [5, 5.41) is 0. The molecule has 1 heterocycles. The molecule has 0 radical (unpaired) electrons. The molecule has 19 heavy (non-hydrogen) atoms. The van der Waals surface area contributed by atoms with E-state index in [4.69, 9.17) is 4.74 Å². The lowest BCUT2D eigenvalue weighted by Gasteiger charge is -2.07. The van der Waals surface area contributed by atoms with E-state index in [0.29, 0.717) is 0 Å². The van der Waals surface area contributed by atoms with Crippen molar-refractivity contribution in [1.29, 1.82) is 0 Å². The van der Waals surface area contributed by atoms with E-state index in [-0.39, 0.29) is 0 Å². The van der Waals surface area contributed by atoms with Gasteiger partial charge in [0.2, 0.25) is 0 Å². The highest BCUT2D eigenvalue weighted by Gasteiger charge is 2.07. The lowest BCUT2D eigenvalue weighted by atomic mass is 10.1. The molecule has 2 heteroatoms. The second-order valence-corrected chi connectivity index (χ2v) is 4.79. The Hall–Kier alpha value is -2.09. The Morgan fingerprint density at radius 3 is 2.58 bits per heavy atom. The zero-order chi connectivity index (χ0) is 12.9. The van der Waals surface area contributed by atoms with Crippen LogP contribution in [0.2, 0.25) is 0 Å². The predicted octanol–water partition coefficient (Wildman–Crippen LogP) is 4.26. The Balaban J connectivity index is 1.72. The van der Waals surface area contributed by atoms with Crippen molar-refractivity contribution in [1.82, 2.24) is 0 Å². The van der Waals surface area contributed by atoms with Gasteiger partial charge in [0.05, 0.1) is 0 Å². The largest absolute Gasteiger partial charge is 0.457 e. The first-order valence-corrected chi connectivity index (χ1v) is 6.74. The van der Waals surface area contributed by atoms with Gasteiger partial charge < -0.3 is 4.74 Å². The summed E-state index contributed by atoms with van der Waals surface area (Å²) >= 11 is 0. The first-order chi connectivity index (χ1) is 9.40. The van der Waals surface area contributed by atoms with E-state index >= 15 is 0 Å². The average molecular weight is 251 g/mol. The van der Waals surface area contributed by atoms with Crippen molar-refractivity contribution in [2.24, 2.45) is 4.99 Å². The first kappa shape index (κ1) is 12.0. The lowest BCUT2D eigenvalue weighted by Crippen LogP contribution is -1.98. The highest BCUT2D eigenvalue weighted by Crippen LogP contribution is 2.22. The summed E-state index contributed by atoms with van der Waals surface area (Å²) in [5.74, 6) is 1.76. The van der Waals surface area contributed by atoms with Crippen molar-refractivity contribution in [2.75, 3.05) is 6.54 Å². The third kappa shape index (κ3) is 3.22. The second kappa shape index (κ2) is 5.70. The van der Waals surface area contributed by atoms with Crippen molar-refractivity contribution < 1.29 is 4.74 Å². The average Bonchev–Trinajstić information content (AvgIpc) is 2.93. The standard InChI is InChI=1S/C17H17NO/c1-2-8-16(9-3-1)19-17-10-4-6-14(13-17)12-15-7-5-11-18-15/h1-4,6,8-10,13H,5,7,11-12H2. The van der Waals surface area contributed by atoms with Gasteiger partial charge in [-0.2, -0.15) is 0 Å². The summed E-state index contributed by atoms with van der Waals surface area (Å²) in [6.45, 7) is 0.996. The molecule has 0 spiro atoms. The maximum atomic E-state index is 5.84. The second-order valence-electron chi connectivity index (χ2n) is 4.79. The molecule has 0 saturated heterocycles. The Morgan fingerprint density at radius 1 is 0.947 bits per heavy atom. The van der Waals surface area contributed by atoms with Crippen molar-refractivity contribution >= 4 is 5.71 Å². The van der Waals surface area contributed by atoms with E-state index in [9.17, 15) is 0 Å². The molecule has 0 aliphatic carbocycles. The molecule has 0 N–H and O–H groups in total. The molecule has 0 unspecified atom stereocenters. The van der Waals surface area contributed by atoms with Crippen LogP contribution in [0.1, 0.15) is 18.4 Å². The SMILES string of the molecule is c1ccc(Oc2cccc(CC3=NCCC3)c2)cc1. The van der Waals surface area contributed by atoms with Gasteiger partial charge in [0.1, 0.15) is 11.5 Å². The van der Waals surface area contributed by atoms with Gasteiger partial charge >= 0.3 is 0 Å². The van der Waals surface area contributed by atoms with E-state index in [1.54, 1.807) is 0 Å². The number of nitrogens with zero attached hydrogens (tertiary/aromatic N) is 1. The van der Waals surface area contributed by atoms with Crippen LogP contribution in [0.5, 0.6) is 11.5 Å². The van der Waals surface area contributed by atoms with Gasteiger partial charge in [0, 0.05) is 18.7 Å². The third-order valence-corrected chi connectivity index (χ3v) is 3.24. The summed E-state index contributed by atoms with van der Waals surface area (Å²) < 4.78 is 5.84. The zero-order valence-electron chi connectivity index (χ0n) is 10.9. The summed E-state index contributed by atoms with van der Waals surface area (Å²) in [4.78, 5) is 4.52. The zero-order valence-corrected chi connectivity index (χ0v) is 10.9. The molecule has 0 saturated carbocycles. The van der Waals surface area contributed by atoms with Crippen LogP contribution in [0.4, 0.5) is 0 Å². The summed E-state index contributed by atoms with van der Waals surface area (Å²) in [5.41, 5.74) is 2.59. The van der Waals surface area contributed by atoms with Crippen molar-refractivity contribution in [2.45, 2.75) is 19.3 Å². The smallest absolute Gasteiger partial charge is 0.127 e. The van der Waals surface area contributed by atoms with Crippen molar-refractivity contribution in [3.8, 4) is 11.5 Å². The molecule has 0 bridgehead atoms. The van der Waals surface area contributed by atoms with Crippen LogP contribution >= 0.6 is 0 Å². The van der Waals surface area contributed by atoms with Crippen molar-refractivity contribution in [3.63, 3.8) is 0 Å². The normalized spacial score (nSPS) is 14.2. The molecule has 0 fully saturated rings. The van der Waals surface area contributed by atoms with Crippen LogP contribution in [-0.2, 0) is 6.42 Å². The van der Waals surface area contributed by atoms with E-state index < -0.39 is 0 Å². The summed E-state index contributed by atoms with van der Waals surface area (Å²) in [6, 6.07) is 18.2. The Morgan fingerprint density at radius 2 is 1.79 bits per heavy atom. The van der Waals surface area contributed by atoms with E-state index in [2.05, 4.69) is 17.1 Å². The van der Waals surface area contributed by atoms with Gasteiger partial charge in [0.25, 0.3) is 0 Å². The molecule has 2 aromatic rings. The van der Waals surface area contributed by atoms with Gasteiger partial charge in [-0.3, -0.25) is 4.99 Å². The van der Waals surface area contributed by atoms with E-state index in [1.807, 2.05) is 42.5 Å². The minimum absolute atomic E-state index is 0.873. The maximum absolute atomic E-state index is 5.84. The van der Waals surface area contributed by atoms with Crippen LogP contribution in [0.3, 0.4) is 0 Å². The molecule has 0 aromatic heterocycles. The van der Waals surface area contributed by atoms with Crippen LogP contribution in [0.25, 0.3) is 0 Å². The van der Waals surface area contributed by atoms with Crippen molar-refractivity contribution in [3.05, 3.63) is 60.2 Å². The van der Waals surface area contributed by atoms with Crippen LogP contribution < -0.4 is 4.74 Å². The molecular formula is C17H17NO. The third-order valence-electron chi connectivity index (χ3n) is 3.24. The monoisotopic (exact) mass is 251 g/mol. The minimum atomic E-state index is 0.873. The molecule has 0 atom stereocenters. The molecule has 1 aliphatic heterocycles. The Labute approximate surface area is 113 Å². The highest BCUT2D eigenvalue weighted by molar-refractivity contribution is 5.87. The van der Waals surface area contributed by atoms with Gasteiger partial charge in [-0.05, 0) is 42.7 Å². The van der Waals surface area contributed by atoms with Gasteiger partial charge in [0.15, 0.2) is 0 Å². The number of hydrogen-bond donors (Lipinski definition) is 0. The van der Waals surface area contributed by atoms with Gasteiger partial charge in [-0.25, -0.2) is 0 Å². The topological polar surface area (TPSA) is 21.6 Å². The number of aliphatic imine (C=N–C) groups is 1. The number of hydrogen-bond acceptors (Lipinski definition) is 2. The maximum Gasteiger partial charge on any atom is 0.127 e. The lowest BCUT2D eigenvalue weighted by molar-refractivity contribution is 0.482. The quantitative estimate of drug-likeness (QED) is 0.795. The van der Waals surface area contributed by atoms with E-state index in [1.165, 1.54) is 17.7 Å². The summed E-state index contributed by atoms with van der Waals surface area (Å²) in [6.07, 6.45) is 3.30. The number of benzene rings is 2. The molecule has 1 aliphatic rings. The Bertz CT molecular complexity index is 575. The van der Waals surface area contributed by atoms with Gasteiger partial charge in [-0.15, -0.1) is 0 Å². The minimum Gasteiger partial charge on any atom is -0.457 e. The molecule has 2 nitrogen and oxygen atoms in total. The predicted molar refractivity (Wildman–Crippen MR) is 78.2 cm³/mol. The van der Waals surface area contributed by atoms with E-state index in [0.717, 1.165) is 30.9 Å². The molecule has 96 valence electrons. The first-order valence-electron chi connectivity index (χ1n) is 6.74. The van der Waals surface area contributed by atoms with Crippen LogP contribution in [0, 0.1) is 0 Å². The van der Waals surface area contributed by atoms with Crippen LogP contribution in [-0.4, -0.2) is 12.3 Å².